The molecule has 0 spiro atoms. The summed E-state index contributed by atoms with van der Waals surface area (Å²) < 4.78 is 6.72. The van der Waals surface area contributed by atoms with Crippen molar-refractivity contribution >= 4 is 11.8 Å². The number of rotatable bonds is 4. The van der Waals surface area contributed by atoms with Crippen molar-refractivity contribution in [1.29, 1.82) is 0 Å². The fourth-order valence-corrected chi connectivity index (χ4v) is 1.84. The number of carbonyl (C=O) groups is 2. The van der Waals surface area contributed by atoms with Gasteiger partial charge in [0.2, 0.25) is 11.8 Å². The van der Waals surface area contributed by atoms with Gasteiger partial charge in [0.25, 0.3) is 0 Å². The molecule has 1 aliphatic heterocycles. The van der Waals surface area contributed by atoms with E-state index in [9.17, 15) is 9.59 Å². The van der Waals surface area contributed by atoms with Crippen LogP contribution in [-0.2, 0) is 20.9 Å². The van der Waals surface area contributed by atoms with Crippen molar-refractivity contribution in [2.24, 2.45) is 5.73 Å². The van der Waals surface area contributed by atoms with Crippen LogP contribution < -0.4 is 5.73 Å². The Labute approximate surface area is 104 Å². The van der Waals surface area contributed by atoms with Crippen molar-refractivity contribution in [3.8, 4) is 0 Å². The number of amides is 2. The van der Waals surface area contributed by atoms with Gasteiger partial charge in [-0.15, -0.1) is 0 Å². The van der Waals surface area contributed by atoms with E-state index in [1.54, 1.807) is 4.68 Å². The second kappa shape index (κ2) is 5.58. The SMILES string of the molecule is NC(=O)C1COCCN1C(=O)CCn1cncn1. The number of aryl methyl sites for hydroxylation is 1. The van der Waals surface area contributed by atoms with Gasteiger partial charge in [0.05, 0.1) is 19.8 Å². The van der Waals surface area contributed by atoms with Crippen LogP contribution in [0.2, 0.25) is 0 Å². The summed E-state index contributed by atoms with van der Waals surface area (Å²) in [4.78, 5) is 28.5. The monoisotopic (exact) mass is 253 g/mol. The van der Waals surface area contributed by atoms with E-state index in [1.165, 1.54) is 17.6 Å². The minimum absolute atomic E-state index is 0.127. The highest BCUT2D eigenvalue weighted by molar-refractivity contribution is 5.86. The number of hydrogen-bond donors (Lipinski definition) is 1. The van der Waals surface area contributed by atoms with Crippen molar-refractivity contribution in [3.05, 3.63) is 12.7 Å². The second-order valence-corrected chi connectivity index (χ2v) is 3.99. The lowest BCUT2D eigenvalue weighted by Crippen LogP contribution is -2.54. The smallest absolute Gasteiger partial charge is 0.242 e. The predicted molar refractivity (Wildman–Crippen MR) is 60.2 cm³/mol. The lowest BCUT2D eigenvalue weighted by molar-refractivity contribution is -0.147. The average molecular weight is 253 g/mol. The summed E-state index contributed by atoms with van der Waals surface area (Å²) >= 11 is 0. The van der Waals surface area contributed by atoms with Crippen molar-refractivity contribution in [3.63, 3.8) is 0 Å². The Kier molecular flexibility index (Phi) is 3.88. The van der Waals surface area contributed by atoms with Crippen LogP contribution in [0.1, 0.15) is 6.42 Å². The topological polar surface area (TPSA) is 103 Å². The zero-order chi connectivity index (χ0) is 13.0. The molecule has 1 saturated heterocycles. The number of morpholine rings is 1. The Morgan fingerprint density at radius 1 is 1.50 bits per heavy atom. The Bertz CT molecular complexity index is 419. The Morgan fingerprint density at radius 2 is 2.33 bits per heavy atom. The second-order valence-electron chi connectivity index (χ2n) is 3.99. The van der Waals surface area contributed by atoms with Gasteiger partial charge in [-0.1, -0.05) is 0 Å². The molecule has 1 aromatic heterocycles. The first-order valence-electron chi connectivity index (χ1n) is 5.67. The highest BCUT2D eigenvalue weighted by Crippen LogP contribution is 2.09. The molecule has 98 valence electrons. The molecule has 0 saturated carbocycles. The van der Waals surface area contributed by atoms with E-state index in [4.69, 9.17) is 10.5 Å². The van der Waals surface area contributed by atoms with Crippen molar-refractivity contribution in [1.82, 2.24) is 19.7 Å². The molecule has 2 N–H and O–H groups in total. The molecule has 2 amide bonds. The first-order valence-corrected chi connectivity index (χ1v) is 5.67. The van der Waals surface area contributed by atoms with Gasteiger partial charge < -0.3 is 15.4 Å². The molecular weight excluding hydrogens is 238 g/mol. The predicted octanol–water partition coefficient (Wildman–Crippen LogP) is -1.62. The molecule has 1 unspecified atom stereocenters. The number of carbonyl (C=O) groups excluding carboxylic acids is 2. The van der Waals surface area contributed by atoms with Gasteiger partial charge in [0.1, 0.15) is 18.7 Å². The van der Waals surface area contributed by atoms with Crippen LogP contribution in [0.25, 0.3) is 0 Å². The van der Waals surface area contributed by atoms with Gasteiger partial charge >= 0.3 is 0 Å². The molecule has 18 heavy (non-hydrogen) atoms. The van der Waals surface area contributed by atoms with Crippen molar-refractivity contribution in [2.45, 2.75) is 19.0 Å². The van der Waals surface area contributed by atoms with Crippen LogP contribution in [0.4, 0.5) is 0 Å². The van der Waals surface area contributed by atoms with Gasteiger partial charge in [-0.2, -0.15) is 5.10 Å². The van der Waals surface area contributed by atoms with E-state index in [0.717, 1.165) is 0 Å². The lowest BCUT2D eigenvalue weighted by Gasteiger charge is -2.33. The molecule has 0 bridgehead atoms. The van der Waals surface area contributed by atoms with E-state index >= 15 is 0 Å². The summed E-state index contributed by atoms with van der Waals surface area (Å²) in [5, 5.41) is 3.91. The zero-order valence-electron chi connectivity index (χ0n) is 9.86. The highest BCUT2D eigenvalue weighted by Gasteiger charge is 2.30. The zero-order valence-corrected chi connectivity index (χ0v) is 9.86. The van der Waals surface area contributed by atoms with Crippen LogP contribution in [0.15, 0.2) is 12.7 Å². The van der Waals surface area contributed by atoms with Gasteiger partial charge in [0, 0.05) is 13.0 Å². The molecule has 2 rings (SSSR count). The summed E-state index contributed by atoms with van der Waals surface area (Å²) in [6.07, 6.45) is 3.21. The largest absolute Gasteiger partial charge is 0.377 e. The van der Waals surface area contributed by atoms with Crippen LogP contribution in [0, 0.1) is 0 Å². The van der Waals surface area contributed by atoms with Gasteiger partial charge in [0.15, 0.2) is 0 Å². The summed E-state index contributed by atoms with van der Waals surface area (Å²) in [5.74, 6) is -0.665. The molecule has 0 aliphatic carbocycles. The maximum Gasteiger partial charge on any atom is 0.242 e. The van der Waals surface area contributed by atoms with E-state index < -0.39 is 11.9 Å². The number of hydrogen-bond acceptors (Lipinski definition) is 5. The number of ether oxygens (including phenoxy) is 1. The summed E-state index contributed by atoms with van der Waals surface area (Å²) in [6.45, 7) is 1.43. The number of primary amides is 1. The number of aromatic nitrogens is 3. The summed E-state index contributed by atoms with van der Waals surface area (Å²) in [5.41, 5.74) is 5.25. The van der Waals surface area contributed by atoms with Crippen LogP contribution >= 0.6 is 0 Å². The van der Waals surface area contributed by atoms with E-state index in [2.05, 4.69) is 10.1 Å². The standard InChI is InChI=1S/C10H15N5O3/c11-10(17)8-5-18-4-3-15(8)9(16)1-2-14-7-12-6-13-14/h6-8H,1-5H2,(H2,11,17). The van der Waals surface area contributed by atoms with Crippen molar-refractivity contribution in [2.75, 3.05) is 19.8 Å². The van der Waals surface area contributed by atoms with Crippen molar-refractivity contribution < 1.29 is 14.3 Å². The quantitative estimate of drug-likeness (QED) is 0.694. The normalized spacial score (nSPS) is 19.8. The molecule has 1 fully saturated rings. The summed E-state index contributed by atoms with van der Waals surface area (Å²) in [7, 11) is 0. The number of nitrogens with two attached hydrogens (primary N) is 1. The maximum absolute atomic E-state index is 12.0. The molecule has 0 aromatic carbocycles. The van der Waals surface area contributed by atoms with Crippen LogP contribution in [0.3, 0.4) is 0 Å². The van der Waals surface area contributed by atoms with Gasteiger partial charge in [-0.25, -0.2) is 4.98 Å². The van der Waals surface area contributed by atoms with E-state index in [1.807, 2.05) is 0 Å². The average Bonchev–Trinajstić information content (AvgIpc) is 2.89. The molecular formula is C10H15N5O3. The fraction of sp³-hybridized carbons (Fsp3) is 0.600. The van der Waals surface area contributed by atoms with Crippen LogP contribution in [-0.4, -0.2) is 57.3 Å². The minimum atomic E-state index is -0.665. The molecule has 2 heterocycles. The fourth-order valence-electron chi connectivity index (χ4n) is 1.84. The molecule has 1 aliphatic rings. The molecule has 1 aromatic rings. The minimum Gasteiger partial charge on any atom is -0.377 e. The van der Waals surface area contributed by atoms with Gasteiger partial charge in [-0.05, 0) is 0 Å². The Morgan fingerprint density at radius 3 is 3.00 bits per heavy atom. The molecule has 1 atom stereocenters. The Balaban J connectivity index is 1.92. The van der Waals surface area contributed by atoms with E-state index in [-0.39, 0.29) is 18.9 Å². The summed E-state index contributed by atoms with van der Waals surface area (Å²) in [6, 6.07) is -0.665. The molecule has 8 heteroatoms. The van der Waals surface area contributed by atoms with E-state index in [0.29, 0.717) is 19.7 Å². The number of nitrogens with zero attached hydrogens (tertiary/aromatic N) is 4. The third-order valence-electron chi connectivity index (χ3n) is 2.80. The van der Waals surface area contributed by atoms with Crippen LogP contribution in [0.5, 0.6) is 0 Å². The van der Waals surface area contributed by atoms with Gasteiger partial charge in [-0.3, -0.25) is 14.3 Å². The lowest BCUT2D eigenvalue weighted by atomic mass is 10.2. The maximum atomic E-state index is 12.0. The first-order chi connectivity index (χ1) is 8.68. The third kappa shape index (κ3) is 2.83. The molecule has 0 radical (unpaired) electrons. The third-order valence-corrected chi connectivity index (χ3v) is 2.80. The molecule has 8 nitrogen and oxygen atoms in total. The highest BCUT2D eigenvalue weighted by atomic mass is 16.5. The first kappa shape index (κ1) is 12.5. The Hall–Kier alpha value is -1.96.